The van der Waals surface area contributed by atoms with Gasteiger partial charge < -0.3 is 19.9 Å². The van der Waals surface area contributed by atoms with Gasteiger partial charge in [0.05, 0.1) is 0 Å². The van der Waals surface area contributed by atoms with Crippen LogP contribution in [0.25, 0.3) is 0 Å². The summed E-state index contributed by atoms with van der Waals surface area (Å²) < 4.78 is 11.2. The van der Waals surface area contributed by atoms with Crippen molar-refractivity contribution in [1.29, 1.82) is 0 Å². The zero-order valence-electron chi connectivity index (χ0n) is 13.6. The van der Waals surface area contributed by atoms with Crippen LogP contribution >= 0.6 is 11.3 Å². The van der Waals surface area contributed by atoms with Gasteiger partial charge in [0.1, 0.15) is 6.10 Å². The number of anilines is 2. The number of ether oxygens (including phenoxy) is 1. The molecule has 0 aliphatic carbocycles. The third kappa shape index (κ3) is 3.72. The van der Waals surface area contributed by atoms with Crippen LogP contribution in [0.5, 0.6) is 5.19 Å². The van der Waals surface area contributed by atoms with Gasteiger partial charge in [-0.1, -0.05) is 24.1 Å². The smallest absolute Gasteiger partial charge is 0.324 e. The molecule has 126 valence electrons. The number of aromatic nitrogens is 4. The van der Waals surface area contributed by atoms with E-state index in [-0.39, 0.29) is 12.0 Å². The summed E-state index contributed by atoms with van der Waals surface area (Å²) in [4.78, 5) is 6.60. The van der Waals surface area contributed by atoms with E-state index in [0.29, 0.717) is 22.3 Å². The van der Waals surface area contributed by atoms with E-state index in [1.54, 1.807) is 0 Å². The third-order valence-corrected chi connectivity index (χ3v) is 4.77. The van der Waals surface area contributed by atoms with Crippen molar-refractivity contribution in [3.05, 3.63) is 5.82 Å². The molecule has 0 unspecified atom stereocenters. The normalized spacial score (nSPS) is 17.7. The lowest BCUT2D eigenvalue weighted by Gasteiger charge is -2.33. The van der Waals surface area contributed by atoms with Gasteiger partial charge in [0.2, 0.25) is 5.13 Å². The second kappa shape index (κ2) is 6.69. The van der Waals surface area contributed by atoms with Gasteiger partial charge in [0, 0.05) is 19.0 Å². The highest BCUT2D eigenvalue weighted by atomic mass is 32.1. The minimum Gasteiger partial charge on any atom is -0.466 e. The molecule has 0 saturated carbocycles. The van der Waals surface area contributed by atoms with Crippen molar-refractivity contribution in [2.75, 3.05) is 23.7 Å². The van der Waals surface area contributed by atoms with Gasteiger partial charge in [-0.3, -0.25) is 0 Å². The second-order valence-corrected chi connectivity index (χ2v) is 7.12. The van der Waals surface area contributed by atoms with E-state index < -0.39 is 0 Å². The third-order valence-electron chi connectivity index (χ3n) is 4.13. The van der Waals surface area contributed by atoms with E-state index in [4.69, 9.17) is 15.0 Å². The van der Waals surface area contributed by atoms with Crippen molar-refractivity contribution in [2.45, 2.75) is 45.6 Å². The van der Waals surface area contributed by atoms with Gasteiger partial charge in [0.25, 0.3) is 5.19 Å². The van der Waals surface area contributed by atoms with Gasteiger partial charge in [-0.2, -0.15) is 4.98 Å². The second-order valence-electron chi connectivity index (χ2n) is 6.14. The Bertz CT molecular complexity index is 635. The van der Waals surface area contributed by atoms with E-state index >= 15 is 0 Å². The first-order valence-electron chi connectivity index (χ1n) is 7.87. The van der Waals surface area contributed by atoms with E-state index in [2.05, 4.69) is 46.0 Å². The average molecular weight is 338 g/mol. The molecule has 3 rings (SSSR count). The first-order valence-corrected chi connectivity index (χ1v) is 8.68. The Hall–Kier alpha value is -1.90. The largest absolute Gasteiger partial charge is 0.466 e. The SMILES string of the molecule is CC(C)c1noc(N2CCC([C@@H](C)Oc3nnc(N)s3)CC2)n1. The minimum absolute atomic E-state index is 0.0819. The molecule has 0 radical (unpaired) electrons. The molecule has 1 aliphatic heterocycles. The van der Waals surface area contributed by atoms with Crippen LogP contribution in [0.15, 0.2) is 4.52 Å². The Morgan fingerprint density at radius 2 is 2.00 bits per heavy atom. The van der Waals surface area contributed by atoms with Crippen molar-refractivity contribution in [2.24, 2.45) is 5.92 Å². The summed E-state index contributed by atoms with van der Waals surface area (Å²) in [6.07, 6.45) is 2.10. The maximum absolute atomic E-state index is 5.85. The van der Waals surface area contributed by atoms with Crippen molar-refractivity contribution < 1.29 is 9.26 Å². The first-order chi connectivity index (χ1) is 11.0. The fraction of sp³-hybridized carbons (Fsp3) is 0.714. The van der Waals surface area contributed by atoms with Crippen molar-refractivity contribution in [1.82, 2.24) is 20.3 Å². The molecule has 1 aliphatic rings. The molecule has 2 aromatic rings. The highest BCUT2D eigenvalue weighted by Crippen LogP contribution is 2.28. The van der Waals surface area contributed by atoms with E-state index in [1.807, 2.05) is 0 Å². The van der Waals surface area contributed by atoms with Crippen LogP contribution in [0.1, 0.15) is 45.4 Å². The molecule has 0 bridgehead atoms. The highest BCUT2D eigenvalue weighted by molar-refractivity contribution is 7.16. The van der Waals surface area contributed by atoms with Gasteiger partial charge in [-0.15, -0.1) is 5.10 Å². The number of hydrogen-bond acceptors (Lipinski definition) is 9. The summed E-state index contributed by atoms with van der Waals surface area (Å²) in [7, 11) is 0. The summed E-state index contributed by atoms with van der Waals surface area (Å²) in [5.74, 6) is 1.49. The van der Waals surface area contributed by atoms with Crippen molar-refractivity contribution >= 4 is 22.5 Å². The summed E-state index contributed by atoms with van der Waals surface area (Å²) in [5.41, 5.74) is 5.57. The monoisotopic (exact) mass is 338 g/mol. The van der Waals surface area contributed by atoms with Crippen molar-refractivity contribution in [3.63, 3.8) is 0 Å². The first kappa shape index (κ1) is 16.0. The molecular formula is C14H22N6O2S. The molecular weight excluding hydrogens is 316 g/mol. The minimum atomic E-state index is 0.0819. The standard InChI is InChI=1S/C14H22N6O2S/c1-8(2)11-16-13(22-19-11)20-6-4-10(5-7-20)9(3)21-14-18-17-12(15)23-14/h8-10H,4-7H2,1-3H3,(H2,15,17)/t9-/m1/s1. The molecule has 3 heterocycles. The predicted octanol–water partition coefficient (Wildman–Crippen LogP) is 2.31. The molecule has 2 aromatic heterocycles. The number of nitrogens with two attached hydrogens (primary N) is 1. The molecule has 0 aromatic carbocycles. The molecule has 0 amide bonds. The predicted molar refractivity (Wildman–Crippen MR) is 87.7 cm³/mol. The fourth-order valence-electron chi connectivity index (χ4n) is 2.67. The fourth-order valence-corrected chi connectivity index (χ4v) is 3.21. The van der Waals surface area contributed by atoms with Crippen LogP contribution in [0.2, 0.25) is 0 Å². The highest BCUT2D eigenvalue weighted by Gasteiger charge is 2.28. The quantitative estimate of drug-likeness (QED) is 0.886. The Kier molecular flexibility index (Phi) is 4.65. The molecule has 23 heavy (non-hydrogen) atoms. The lowest BCUT2D eigenvalue weighted by Crippen LogP contribution is -2.38. The van der Waals surface area contributed by atoms with Crippen LogP contribution in [-0.2, 0) is 0 Å². The van der Waals surface area contributed by atoms with E-state index in [1.165, 1.54) is 11.3 Å². The molecule has 1 atom stereocenters. The van der Waals surface area contributed by atoms with Crippen LogP contribution in [0.3, 0.4) is 0 Å². The lowest BCUT2D eigenvalue weighted by atomic mass is 9.92. The zero-order valence-corrected chi connectivity index (χ0v) is 14.4. The maximum atomic E-state index is 5.85. The lowest BCUT2D eigenvalue weighted by molar-refractivity contribution is 0.130. The summed E-state index contributed by atoms with van der Waals surface area (Å²) in [5, 5.41) is 12.7. The number of nitrogens with zero attached hydrogens (tertiary/aromatic N) is 5. The molecule has 1 saturated heterocycles. The molecule has 1 fully saturated rings. The number of rotatable bonds is 5. The molecule has 0 spiro atoms. The van der Waals surface area contributed by atoms with E-state index in [9.17, 15) is 0 Å². The maximum Gasteiger partial charge on any atom is 0.324 e. The van der Waals surface area contributed by atoms with Crippen molar-refractivity contribution in [3.8, 4) is 5.19 Å². The van der Waals surface area contributed by atoms with Crippen LogP contribution < -0.4 is 15.4 Å². The zero-order chi connectivity index (χ0) is 16.4. The van der Waals surface area contributed by atoms with Gasteiger partial charge in [-0.25, -0.2) is 0 Å². The van der Waals surface area contributed by atoms with Gasteiger partial charge in [-0.05, 0) is 37.0 Å². The number of piperidine rings is 1. The number of nitrogen functional groups attached to an aromatic ring is 1. The van der Waals surface area contributed by atoms with Gasteiger partial charge >= 0.3 is 6.01 Å². The van der Waals surface area contributed by atoms with E-state index in [0.717, 1.165) is 31.8 Å². The Morgan fingerprint density at radius 3 is 2.57 bits per heavy atom. The Balaban J connectivity index is 1.53. The average Bonchev–Trinajstić information content (AvgIpc) is 3.17. The Morgan fingerprint density at radius 1 is 1.26 bits per heavy atom. The molecule has 9 heteroatoms. The van der Waals surface area contributed by atoms with Crippen LogP contribution in [0, 0.1) is 5.92 Å². The molecule has 2 N–H and O–H groups in total. The Labute approximate surface area is 139 Å². The summed E-state index contributed by atoms with van der Waals surface area (Å²) in [6, 6.07) is 0.623. The van der Waals surface area contributed by atoms with Gasteiger partial charge in [0.15, 0.2) is 5.82 Å². The summed E-state index contributed by atoms with van der Waals surface area (Å²) >= 11 is 1.27. The van der Waals surface area contributed by atoms with Crippen LogP contribution in [-0.4, -0.2) is 39.5 Å². The van der Waals surface area contributed by atoms with Crippen LogP contribution in [0.4, 0.5) is 11.1 Å². The number of hydrogen-bond donors (Lipinski definition) is 1. The summed E-state index contributed by atoms with van der Waals surface area (Å²) in [6.45, 7) is 7.95. The molecule has 8 nitrogen and oxygen atoms in total. The topological polar surface area (TPSA) is 103 Å².